The lowest BCUT2D eigenvalue weighted by atomic mass is 9.92. The van der Waals surface area contributed by atoms with Gasteiger partial charge < -0.3 is 0 Å². The van der Waals surface area contributed by atoms with Crippen LogP contribution in [0.1, 0.15) is 33.6 Å². The van der Waals surface area contributed by atoms with E-state index in [1.807, 2.05) is 12.1 Å². The molecule has 6 nitrogen and oxygen atoms in total. The lowest BCUT2D eigenvalue weighted by Gasteiger charge is -2.34. The zero-order chi connectivity index (χ0) is 17.0. The molecule has 2 aliphatic heterocycles. The summed E-state index contributed by atoms with van der Waals surface area (Å²) < 4.78 is 0.716. The van der Waals surface area contributed by atoms with E-state index in [1.165, 1.54) is 0 Å². The molecule has 0 spiro atoms. The first-order valence-electron chi connectivity index (χ1n) is 7.41. The molecule has 4 rings (SSSR count). The molecule has 0 aliphatic carbocycles. The Balaban J connectivity index is 1.89. The predicted octanol–water partition coefficient (Wildman–Crippen LogP) is 2.00. The van der Waals surface area contributed by atoms with Gasteiger partial charge >= 0.3 is 0 Å². The van der Waals surface area contributed by atoms with Crippen molar-refractivity contribution in [3.8, 4) is 0 Å². The largest absolute Gasteiger partial charge is 0.295 e. The number of piperidine rings is 1. The van der Waals surface area contributed by atoms with Crippen LogP contribution in [0.3, 0.4) is 0 Å². The van der Waals surface area contributed by atoms with Crippen LogP contribution in [0.2, 0.25) is 0 Å². The second kappa shape index (κ2) is 5.24. The number of imide groups is 2. The van der Waals surface area contributed by atoms with Gasteiger partial charge in [0.1, 0.15) is 6.04 Å². The Kier molecular flexibility index (Phi) is 3.28. The van der Waals surface area contributed by atoms with E-state index in [4.69, 9.17) is 0 Å². The lowest BCUT2D eigenvalue weighted by molar-refractivity contribution is -0.136. The Hall–Kier alpha value is -2.54. The molecule has 0 saturated carbocycles. The SMILES string of the molecule is O=C1CCC(N2C(=O)c3cccc4cc(Br)cc(c34)C2=O)C(=O)N1. The highest BCUT2D eigenvalue weighted by Crippen LogP contribution is 2.34. The highest BCUT2D eigenvalue weighted by Gasteiger charge is 2.42. The first-order valence-corrected chi connectivity index (χ1v) is 8.20. The van der Waals surface area contributed by atoms with Crippen LogP contribution in [0.5, 0.6) is 0 Å². The van der Waals surface area contributed by atoms with E-state index < -0.39 is 29.7 Å². The summed E-state index contributed by atoms with van der Waals surface area (Å²) in [7, 11) is 0. The molecule has 7 heteroatoms. The van der Waals surface area contributed by atoms with Crippen molar-refractivity contribution in [1.29, 1.82) is 0 Å². The van der Waals surface area contributed by atoms with Crippen molar-refractivity contribution in [1.82, 2.24) is 10.2 Å². The fourth-order valence-electron chi connectivity index (χ4n) is 3.30. The number of nitrogens with zero attached hydrogens (tertiary/aromatic N) is 1. The normalized spacial score (nSPS) is 20.5. The number of rotatable bonds is 1. The fourth-order valence-corrected chi connectivity index (χ4v) is 3.78. The summed E-state index contributed by atoms with van der Waals surface area (Å²) in [5.41, 5.74) is 0.763. The number of carbonyl (C=O) groups is 4. The molecule has 24 heavy (non-hydrogen) atoms. The van der Waals surface area contributed by atoms with E-state index >= 15 is 0 Å². The van der Waals surface area contributed by atoms with Gasteiger partial charge in [-0.3, -0.25) is 29.4 Å². The summed E-state index contributed by atoms with van der Waals surface area (Å²) in [5, 5.41) is 3.57. The van der Waals surface area contributed by atoms with Crippen molar-refractivity contribution >= 4 is 50.3 Å². The van der Waals surface area contributed by atoms with Crippen molar-refractivity contribution in [3.05, 3.63) is 45.9 Å². The van der Waals surface area contributed by atoms with E-state index in [9.17, 15) is 19.2 Å². The molecule has 1 saturated heterocycles. The number of benzene rings is 2. The van der Waals surface area contributed by atoms with Crippen molar-refractivity contribution < 1.29 is 19.2 Å². The Morgan fingerprint density at radius 2 is 1.79 bits per heavy atom. The van der Waals surface area contributed by atoms with Gasteiger partial charge in [-0.15, -0.1) is 0 Å². The topological polar surface area (TPSA) is 83.6 Å². The van der Waals surface area contributed by atoms with Crippen molar-refractivity contribution in [2.75, 3.05) is 0 Å². The summed E-state index contributed by atoms with van der Waals surface area (Å²) >= 11 is 3.37. The monoisotopic (exact) mass is 386 g/mol. The molecule has 2 heterocycles. The second-order valence-electron chi connectivity index (χ2n) is 5.80. The van der Waals surface area contributed by atoms with Gasteiger partial charge in [-0.1, -0.05) is 28.1 Å². The standard InChI is InChI=1S/C17H11BrN2O4/c18-9-6-8-2-1-3-10-14(8)11(7-9)17(24)20(16(10)23)12-4-5-13(21)19-15(12)22/h1-3,6-7,12H,4-5H2,(H,19,21,22). The zero-order valence-electron chi connectivity index (χ0n) is 12.3. The van der Waals surface area contributed by atoms with Gasteiger partial charge in [0, 0.05) is 27.4 Å². The van der Waals surface area contributed by atoms with Gasteiger partial charge in [0.05, 0.1) is 0 Å². The van der Waals surface area contributed by atoms with E-state index in [0.29, 0.717) is 21.0 Å². The zero-order valence-corrected chi connectivity index (χ0v) is 13.9. The number of nitrogens with one attached hydrogen (secondary N) is 1. The molecule has 1 unspecified atom stereocenters. The molecule has 2 aromatic rings. The third-order valence-electron chi connectivity index (χ3n) is 4.36. The van der Waals surface area contributed by atoms with E-state index in [-0.39, 0.29) is 12.8 Å². The highest BCUT2D eigenvalue weighted by molar-refractivity contribution is 9.10. The summed E-state index contributed by atoms with van der Waals surface area (Å²) in [5.74, 6) is -2.02. The Morgan fingerprint density at radius 1 is 1.04 bits per heavy atom. The molecule has 0 bridgehead atoms. The Morgan fingerprint density at radius 3 is 2.54 bits per heavy atom. The molecule has 2 aromatic carbocycles. The summed E-state index contributed by atoms with van der Waals surface area (Å²) in [6.07, 6.45) is 0.241. The van der Waals surface area contributed by atoms with Gasteiger partial charge in [-0.05, 0) is 30.0 Å². The molecule has 120 valence electrons. The maximum absolute atomic E-state index is 12.9. The molecule has 0 radical (unpaired) electrons. The molecule has 1 fully saturated rings. The lowest BCUT2D eigenvalue weighted by Crippen LogP contribution is -2.57. The quantitative estimate of drug-likeness (QED) is 0.759. The molecule has 4 amide bonds. The smallest absolute Gasteiger partial charge is 0.262 e. The summed E-state index contributed by atoms with van der Waals surface area (Å²) in [4.78, 5) is 50.2. The van der Waals surface area contributed by atoms with Crippen molar-refractivity contribution in [3.63, 3.8) is 0 Å². The third kappa shape index (κ3) is 2.08. The molecule has 0 aromatic heterocycles. The van der Waals surface area contributed by atoms with Crippen LogP contribution in [-0.4, -0.2) is 34.6 Å². The molecular weight excluding hydrogens is 376 g/mol. The first kappa shape index (κ1) is 15.0. The minimum absolute atomic E-state index is 0.100. The van der Waals surface area contributed by atoms with Gasteiger partial charge in [-0.2, -0.15) is 0 Å². The van der Waals surface area contributed by atoms with Crippen molar-refractivity contribution in [2.45, 2.75) is 18.9 Å². The van der Waals surface area contributed by atoms with E-state index in [2.05, 4.69) is 21.2 Å². The van der Waals surface area contributed by atoms with Crippen LogP contribution in [0.15, 0.2) is 34.8 Å². The van der Waals surface area contributed by atoms with Gasteiger partial charge in [-0.25, -0.2) is 0 Å². The number of halogens is 1. The summed E-state index contributed by atoms with van der Waals surface area (Å²) in [6, 6.07) is 7.74. The molecule has 1 N–H and O–H groups in total. The maximum atomic E-state index is 12.9. The minimum atomic E-state index is -0.968. The molecule has 2 aliphatic rings. The van der Waals surface area contributed by atoms with Crippen LogP contribution >= 0.6 is 15.9 Å². The minimum Gasteiger partial charge on any atom is -0.295 e. The van der Waals surface area contributed by atoms with E-state index in [0.717, 1.165) is 10.3 Å². The van der Waals surface area contributed by atoms with Crippen LogP contribution in [-0.2, 0) is 9.59 Å². The fraction of sp³-hybridized carbons (Fsp3) is 0.176. The Labute approximate surface area is 144 Å². The highest BCUT2D eigenvalue weighted by atomic mass is 79.9. The number of hydrogen-bond acceptors (Lipinski definition) is 4. The van der Waals surface area contributed by atoms with Crippen LogP contribution < -0.4 is 5.32 Å². The number of carbonyl (C=O) groups excluding carboxylic acids is 4. The first-order chi connectivity index (χ1) is 11.5. The maximum Gasteiger partial charge on any atom is 0.262 e. The van der Waals surface area contributed by atoms with E-state index in [1.54, 1.807) is 18.2 Å². The van der Waals surface area contributed by atoms with Crippen LogP contribution in [0.25, 0.3) is 10.8 Å². The van der Waals surface area contributed by atoms with Crippen molar-refractivity contribution in [2.24, 2.45) is 0 Å². The molecular formula is C17H11BrN2O4. The second-order valence-corrected chi connectivity index (χ2v) is 6.72. The summed E-state index contributed by atoms with van der Waals surface area (Å²) in [6.45, 7) is 0. The Bertz CT molecular complexity index is 953. The van der Waals surface area contributed by atoms with Gasteiger partial charge in [0.2, 0.25) is 11.8 Å². The third-order valence-corrected chi connectivity index (χ3v) is 4.82. The van der Waals surface area contributed by atoms with Crippen LogP contribution in [0, 0.1) is 0 Å². The van der Waals surface area contributed by atoms with Crippen LogP contribution in [0.4, 0.5) is 0 Å². The average molecular weight is 387 g/mol. The number of hydrogen-bond donors (Lipinski definition) is 1. The number of amides is 4. The predicted molar refractivity (Wildman–Crippen MR) is 88.3 cm³/mol. The van der Waals surface area contributed by atoms with Gasteiger partial charge in [0.25, 0.3) is 11.8 Å². The van der Waals surface area contributed by atoms with Gasteiger partial charge in [0.15, 0.2) is 0 Å². The average Bonchev–Trinajstić information content (AvgIpc) is 2.54. The molecule has 1 atom stereocenters.